The number of carbonyl (C=O) groups excluding carboxylic acids is 2. The van der Waals surface area contributed by atoms with Crippen LogP contribution in [0.15, 0.2) is 30.3 Å². The summed E-state index contributed by atoms with van der Waals surface area (Å²) in [7, 11) is 0. The van der Waals surface area contributed by atoms with Crippen LogP contribution in [0.3, 0.4) is 0 Å². The number of amides is 2. The van der Waals surface area contributed by atoms with Crippen LogP contribution in [0, 0.1) is 11.8 Å². The normalized spacial score (nSPS) is 17.1. The zero-order valence-corrected chi connectivity index (χ0v) is 13.1. The molecule has 2 rings (SSSR count). The lowest BCUT2D eigenvalue weighted by molar-refractivity contribution is -0.126. The SMILES string of the molecule is CC(CN)CNC(=O)C1CCN(C(=O)c2ccccc2)CC1. The lowest BCUT2D eigenvalue weighted by Crippen LogP contribution is -2.44. The third kappa shape index (κ3) is 4.31. The molecule has 1 heterocycles. The number of likely N-dealkylation sites (tertiary alicyclic amines) is 1. The van der Waals surface area contributed by atoms with Gasteiger partial charge in [-0.1, -0.05) is 25.1 Å². The average Bonchev–Trinajstić information content (AvgIpc) is 2.59. The Morgan fingerprint density at radius 1 is 1.27 bits per heavy atom. The molecule has 1 aromatic rings. The molecule has 22 heavy (non-hydrogen) atoms. The molecule has 120 valence electrons. The first kappa shape index (κ1) is 16.5. The molecule has 0 spiro atoms. The molecule has 1 unspecified atom stereocenters. The Morgan fingerprint density at radius 3 is 2.50 bits per heavy atom. The summed E-state index contributed by atoms with van der Waals surface area (Å²) in [6.07, 6.45) is 1.45. The lowest BCUT2D eigenvalue weighted by Gasteiger charge is -2.31. The molecule has 1 aromatic carbocycles. The Balaban J connectivity index is 1.80. The Hall–Kier alpha value is -1.88. The van der Waals surface area contributed by atoms with E-state index in [2.05, 4.69) is 5.32 Å². The highest BCUT2D eigenvalue weighted by atomic mass is 16.2. The number of hydrogen-bond acceptors (Lipinski definition) is 3. The minimum atomic E-state index is 0.00444. The predicted octanol–water partition coefficient (Wildman–Crippen LogP) is 1.25. The van der Waals surface area contributed by atoms with Gasteiger partial charge in [-0.25, -0.2) is 0 Å². The molecule has 0 saturated carbocycles. The Labute approximate surface area is 131 Å². The van der Waals surface area contributed by atoms with Crippen molar-refractivity contribution in [2.45, 2.75) is 19.8 Å². The number of carbonyl (C=O) groups is 2. The second-order valence-corrected chi connectivity index (χ2v) is 6.02. The largest absolute Gasteiger partial charge is 0.356 e. The van der Waals surface area contributed by atoms with Crippen LogP contribution in [0.2, 0.25) is 0 Å². The summed E-state index contributed by atoms with van der Waals surface area (Å²) in [5.41, 5.74) is 6.26. The van der Waals surface area contributed by atoms with Gasteiger partial charge in [0, 0.05) is 31.1 Å². The summed E-state index contributed by atoms with van der Waals surface area (Å²) < 4.78 is 0. The fourth-order valence-electron chi connectivity index (χ4n) is 2.61. The zero-order chi connectivity index (χ0) is 15.9. The van der Waals surface area contributed by atoms with Crippen molar-refractivity contribution >= 4 is 11.8 Å². The van der Waals surface area contributed by atoms with Gasteiger partial charge in [-0.05, 0) is 37.4 Å². The van der Waals surface area contributed by atoms with Gasteiger partial charge in [0.2, 0.25) is 5.91 Å². The summed E-state index contributed by atoms with van der Waals surface area (Å²) in [6.45, 7) is 4.49. The molecule has 1 aliphatic heterocycles. The number of nitrogens with one attached hydrogen (secondary N) is 1. The lowest BCUT2D eigenvalue weighted by atomic mass is 9.95. The van der Waals surface area contributed by atoms with Gasteiger partial charge in [0.05, 0.1) is 0 Å². The van der Waals surface area contributed by atoms with Crippen molar-refractivity contribution in [1.82, 2.24) is 10.2 Å². The number of rotatable bonds is 5. The van der Waals surface area contributed by atoms with Crippen LogP contribution in [-0.2, 0) is 4.79 Å². The second kappa shape index (κ2) is 7.94. The topological polar surface area (TPSA) is 75.4 Å². The first-order chi connectivity index (χ1) is 10.6. The molecule has 2 amide bonds. The fourth-order valence-corrected chi connectivity index (χ4v) is 2.61. The predicted molar refractivity (Wildman–Crippen MR) is 86.3 cm³/mol. The van der Waals surface area contributed by atoms with E-state index in [4.69, 9.17) is 5.73 Å². The monoisotopic (exact) mass is 303 g/mol. The third-order valence-corrected chi connectivity index (χ3v) is 4.20. The van der Waals surface area contributed by atoms with Crippen molar-refractivity contribution in [3.05, 3.63) is 35.9 Å². The van der Waals surface area contributed by atoms with E-state index in [1.165, 1.54) is 0 Å². The van der Waals surface area contributed by atoms with Crippen LogP contribution in [0.25, 0.3) is 0 Å². The van der Waals surface area contributed by atoms with E-state index in [9.17, 15) is 9.59 Å². The molecular formula is C17H25N3O2. The van der Waals surface area contributed by atoms with Crippen molar-refractivity contribution in [2.24, 2.45) is 17.6 Å². The van der Waals surface area contributed by atoms with E-state index in [1.54, 1.807) is 0 Å². The summed E-state index contributed by atoms with van der Waals surface area (Å²) in [6, 6.07) is 9.29. The van der Waals surface area contributed by atoms with E-state index in [0.29, 0.717) is 37.7 Å². The van der Waals surface area contributed by atoms with Crippen LogP contribution in [0.1, 0.15) is 30.1 Å². The maximum Gasteiger partial charge on any atom is 0.253 e. The van der Waals surface area contributed by atoms with Gasteiger partial charge >= 0.3 is 0 Å². The Kier molecular flexibility index (Phi) is 5.95. The van der Waals surface area contributed by atoms with Crippen LogP contribution in [0.4, 0.5) is 0 Å². The van der Waals surface area contributed by atoms with E-state index in [0.717, 1.165) is 12.8 Å². The molecule has 0 aliphatic carbocycles. The Bertz CT molecular complexity index is 496. The summed E-state index contributed by atoms with van der Waals surface area (Å²) in [5, 5.41) is 2.96. The molecule has 1 aliphatic rings. The first-order valence-electron chi connectivity index (χ1n) is 7.94. The van der Waals surface area contributed by atoms with Gasteiger partial charge in [-0.15, -0.1) is 0 Å². The third-order valence-electron chi connectivity index (χ3n) is 4.20. The van der Waals surface area contributed by atoms with Gasteiger partial charge < -0.3 is 16.0 Å². The molecule has 1 atom stereocenters. The molecule has 5 nitrogen and oxygen atoms in total. The van der Waals surface area contributed by atoms with E-state index in [1.807, 2.05) is 42.2 Å². The van der Waals surface area contributed by atoms with Crippen LogP contribution in [0.5, 0.6) is 0 Å². The fraction of sp³-hybridized carbons (Fsp3) is 0.529. The Morgan fingerprint density at radius 2 is 1.91 bits per heavy atom. The minimum Gasteiger partial charge on any atom is -0.356 e. The average molecular weight is 303 g/mol. The maximum absolute atomic E-state index is 12.3. The molecule has 0 aromatic heterocycles. The van der Waals surface area contributed by atoms with Crippen molar-refractivity contribution < 1.29 is 9.59 Å². The molecule has 3 N–H and O–H groups in total. The standard InChI is InChI=1S/C17H25N3O2/c1-13(11-18)12-19-16(21)14-7-9-20(10-8-14)17(22)15-5-3-2-4-6-15/h2-6,13-14H,7-12,18H2,1H3,(H,19,21). The van der Waals surface area contributed by atoms with Gasteiger partial charge in [0.25, 0.3) is 5.91 Å². The molecule has 1 saturated heterocycles. The van der Waals surface area contributed by atoms with E-state index >= 15 is 0 Å². The van der Waals surface area contributed by atoms with Crippen molar-refractivity contribution in [2.75, 3.05) is 26.2 Å². The van der Waals surface area contributed by atoms with Crippen molar-refractivity contribution in [1.29, 1.82) is 0 Å². The number of benzene rings is 1. The number of piperidine rings is 1. The van der Waals surface area contributed by atoms with Crippen molar-refractivity contribution in [3.63, 3.8) is 0 Å². The minimum absolute atomic E-state index is 0.00444. The highest BCUT2D eigenvalue weighted by Gasteiger charge is 2.27. The maximum atomic E-state index is 12.3. The molecule has 1 fully saturated rings. The number of hydrogen-bond donors (Lipinski definition) is 2. The van der Waals surface area contributed by atoms with Gasteiger partial charge in [0.15, 0.2) is 0 Å². The zero-order valence-electron chi connectivity index (χ0n) is 13.1. The second-order valence-electron chi connectivity index (χ2n) is 6.02. The summed E-state index contributed by atoms with van der Waals surface area (Å²) in [4.78, 5) is 26.3. The summed E-state index contributed by atoms with van der Waals surface area (Å²) in [5.74, 6) is 0.441. The van der Waals surface area contributed by atoms with Crippen LogP contribution < -0.4 is 11.1 Å². The smallest absolute Gasteiger partial charge is 0.253 e. The highest BCUT2D eigenvalue weighted by Crippen LogP contribution is 2.19. The quantitative estimate of drug-likeness (QED) is 0.859. The number of nitrogens with zero attached hydrogens (tertiary/aromatic N) is 1. The molecule has 0 radical (unpaired) electrons. The van der Waals surface area contributed by atoms with Crippen LogP contribution >= 0.6 is 0 Å². The van der Waals surface area contributed by atoms with E-state index in [-0.39, 0.29) is 17.7 Å². The van der Waals surface area contributed by atoms with Crippen molar-refractivity contribution in [3.8, 4) is 0 Å². The van der Waals surface area contributed by atoms with Gasteiger partial charge in [-0.2, -0.15) is 0 Å². The van der Waals surface area contributed by atoms with Crippen LogP contribution in [-0.4, -0.2) is 42.9 Å². The molecule has 0 bridgehead atoms. The first-order valence-corrected chi connectivity index (χ1v) is 7.94. The van der Waals surface area contributed by atoms with E-state index < -0.39 is 0 Å². The number of nitrogens with two attached hydrogens (primary N) is 1. The molecule has 5 heteroatoms. The molecular weight excluding hydrogens is 278 g/mol. The summed E-state index contributed by atoms with van der Waals surface area (Å²) >= 11 is 0. The van der Waals surface area contributed by atoms with Gasteiger partial charge in [0.1, 0.15) is 0 Å². The van der Waals surface area contributed by atoms with Gasteiger partial charge in [-0.3, -0.25) is 9.59 Å². The highest BCUT2D eigenvalue weighted by molar-refractivity contribution is 5.94.